The van der Waals surface area contributed by atoms with Gasteiger partial charge in [0.1, 0.15) is 0 Å². The molecule has 0 fully saturated rings. The molecule has 7 nitrogen and oxygen atoms in total. The summed E-state index contributed by atoms with van der Waals surface area (Å²) in [4.78, 5) is 15.1. The molecule has 1 unspecified atom stereocenters. The summed E-state index contributed by atoms with van der Waals surface area (Å²) in [5.41, 5.74) is -0.684. The topological polar surface area (TPSA) is 108 Å². The minimum atomic E-state index is -4.62. The number of rotatable bonds is 3. The molecule has 0 bridgehead atoms. The predicted molar refractivity (Wildman–Crippen MR) is 115 cm³/mol. The van der Waals surface area contributed by atoms with Gasteiger partial charge in [-0.05, 0) is 42.8 Å². The quantitative estimate of drug-likeness (QED) is 0.525. The maximum absolute atomic E-state index is 13.2. The van der Waals surface area contributed by atoms with Gasteiger partial charge in [0.2, 0.25) is 0 Å². The SMILES string of the molecule is CC1=C(C#N)[C@@H](c2ccc(C#N)cc2S(=O)O)N(C)C(=O)N1c1cccc(C(F)(F)F)c1.[NaH]. The van der Waals surface area contributed by atoms with Gasteiger partial charge < -0.3 is 9.45 Å². The number of halogens is 3. The number of hydrogen-bond acceptors (Lipinski definition) is 4. The molecule has 12 heteroatoms. The molecule has 0 aromatic heterocycles. The molecule has 0 aliphatic carbocycles. The van der Waals surface area contributed by atoms with Gasteiger partial charge in [-0.2, -0.15) is 23.7 Å². The summed E-state index contributed by atoms with van der Waals surface area (Å²) >= 11 is -2.53. The van der Waals surface area contributed by atoms with E-state index in [1.54, 1.807) is 0 Å². The standard InChI is InChI=1S/C21H15F3N4O3S.Na.H/c1-12-17(11-26)19(16-7-6-13(10-25)8-18(16)32(30)31)27(2)20(29)28(12)15-5-3-4-14(9-15)21(22,23)24;;/h3-9,19H,1-2H3,(H,30,31);;/t19-;;/m1../s1. The number of nitriles is 2. The van der Waals surface area contributed by atoms with Crippen molar-refractivity contribution in [2.75, 3.05) is 11.9 Å². The first-order valence-electron chi connectivity index (χ1n) is 9.01. The number of anilines is 1. The molecule has 1 aliphatic rings. The zero-order valence-electron chi connectivity index (χ0n) is 16.7. The molecule has 2 atom stereocenters. The zero-order valence-corrected chi connectivity index (χ0v) is 17.5. The van der Waals surface area contributed by atoms with Crippen molar-refractivity contribution in [1.82, 2.24) is 4.90 Å². The number of carbonyl (C=O) groups is 1. The van der Waals surface area contributed by atoms with Crippen LogP contribution in [0.3, 0.4) is 0 Å². The summed E-state index contributed by atoms with van der Waals surface area (Å²) in [7, 11) is 1.33. The molecule has 2 aromatic carbocycles. The molecule has 2 aromatic rings. The number of carbonyl (C=O) groups excluding carboxylic acids is 1. The van der Waals surface area contributed by atoms with E-state index >= 15 is 0 Å². The van der Waals surface area contributed by atoms with E-state index in [0.29, 0.717) is 0 Å². The van der Waals surface area contributed by atoms with Crippen molar-refractivity contribution in [2.45, 2.75) is 24.0 Å². The van der Waals surface area contributed by atoms with E-state index in [2.05, 4.69) is 0 Å². The average molecular weight is 484 g/mol. The zero-order chi connectivity index (χ0) is 23.8. The van der Waals surface area contributed by atoms with Gasteiger partial charge >= 0.3 is 41.8 Å². The molecular weight excluding hydrogens is 468 g/mol. The number of hydrogen-bond donors (Lipinski definition) is 1. The molecule has 0 spiro atoms. The summed E-state index contributed by atoms with van der Waals surface area (Å²) in [6, 6.07) is 10.1. The van der Waals surface area contributed by atoms with Gasteiger partial charge in [-0.3, -0.25) is 4.90 Å². The van der Waals surface area contributed by atoms with Crippen molar-refractivity contribution in [2.24, 2.45) is 0 Å². The Hall–Kier alpha value is -2.67. The Labute approximate surface area is 212 Å². The van der Waals surface area contributed by atoms with Crippen LogP contribution in [0.2, 0.25) is 0 Å². The van der Waals surface area contributed by atoms with Crippen LogP contribution in [0.5, 0.6) is 0 Å². The van der Waals surface area contributed by atoms with Gasteiger partial charge in [-0.1, -0.05) is 12.1 Å². The Morgan fingerprint density at radius 1 is 1.12 bits per heavy atom. The molecular formula is C21H16F3N4NaO3S. The number of alkyl halides is 3. The van der Waals surface area contributed by atoms with Crippen molar-refractivity contribution < 1.29 is 26.7 Å². The molecule has 0 saturated heterocycles. The van der Waals surface area contributed by atoms with Gasteiger partial charge in [0.15, 0.2) is 11.1 Å². The van der Waals surface area contributed by atoms with E-state index in [9.17, 15) is 32.0 Å². The van der Waals surface area contributed by atoms with Crippen LogP contribution in [0, 0.1) is 22.7 Å². The van der Waals surface area contributed by atoms with Crippen LogP contribution in [0.25, 0.3) is 0 Å². The Balaban J connectivity index is 0.00000385. The Bertz CT molecular complexity index is 1250. The van der Waals surface area contributed by atoms with E-state index in [1.807, 2.05) is 12.1 Å². The van der Waals surface area contributed by atoms with Crippen LogP contribution in [-0.4, -0.2) is 56.3 Å². The fourth-order valence-electron chi connectivity index (χ4n) is 3.54. The minimum absolute atomic E-state index is 0. The number of amides is 2. The second-order valence-electron chi connectivity index (χ2n) is 6.90. The fraction of sp³-hybridized carbons (Fsp3) is 0.190. The van der Waals surface area contributed by atoms with Gasteiger partial charge in [0.25, 0.3) is 0 Å². The Kier molecular flexibility index (Phi) is 8.12. The van der Waals surface area contributed by atoms with Crippen LogP contribution in [-0.2, 0) is 17.3 Å². The molecule has 0 radical (unpaired) electrons. The van der Waals surface area contributed by atoms with E-state index in [1.165, 1.54) is 38.2 Å². The normalized spacial score (nSPS) is 17.2. The summed E-state index contributed by atoms with van der Waals surface area (Å²) in [6.45, 7) is 1.41. The number of likely N-dealkylation sites (N-methyl/N-ethyl adjacent to an activating group) is 1. The average Bonchev–Trinajstić information content (AvgIpc) is 2.75. The van der Waals surface area contributed by atoms with E-state index in [4.69, 9.17) is 5.26 Å². The second kappa shape index (κ2) is 10.1. The molecule has 33 heavy (non-hydrogen) atoms. The van der Waals surface area contributed by atoms with Gasteiger partial charge in [0.05, 0.1) is 45.5 Å². The molecule has 166 valence electrons. The monoisotopic (exact) mass is 484 g/mol. The van der Waals surface area contributed by atoms with Crippen molar-refractivity contribution in [3.05, 3.63) is 70.4 Å². The van der Waals surface area contributed by atoms with Gasteiger partial charge in [-0.15, -0.1) is 0 Å². The van der Waals surface area contributed by atoms with E-state index < -0.39 is 34.9 Å². The summed E-state index contributed by atoms with van der Waals surface area (Å²) in [5, 5.41) is 18.9. The van der Waals surface area contributed by atoms with Crippen molar-refractivity contribution in [3.63, 3.8) is 0 Å². The Morgan fingerprint density at radius 2 is 1.79 bits per heavy atom. The third-order valence-electron chi connectivity index (χ3n) is 5.06. The fourth-order valence-corrected chi connectivity index (χ4v) is 4.15. The van der Waals surface area contributed by atoms with Crippen molar-refractivity contribution in [1.29, 1.82) is 10.5 Å². The van der Waals surface area contributed by atoms with Crippen LogP contribution in [0.15, 0.2) is 58.6 Å². The Morgan fingerprint density at radius 3 is 2.33 bits per heavy atom. The third kappa shape index (κ3) is 4.98. The van der Waals surface area contributed by atoms with Crippen molar-refractivity contribution in [3.8, 4) is 12.1 Å². The molecule has 1 aliphatic heterocycles. The first kappa shape index (κ1) is 26.6. The van der Waals surface area contributed by atoms with Crippen LogP contribution in [0.4, 0.5) is 23.7 Å². The van der Waals surface area contributed by atoms with E-state index in [-0.39, 0.29) is 62.5 Å². The van der Waals surface area contributed by atoms with Crippen LogP contribution in [0.1, 0.15) is 29.7 Å². The predicted octanol–water partition coefficient (Wildman–Crippen LogP) is 3.92. The maximum atomic E-state index is 13.2. The number of allylic oxidation sites excluding steroid dienone is 1. The first-order valence-corrected chi connectivity index (χ1v) is 10.1. The first-order chi connectivity index (χ1) is 15.0. The number of urea groups is 1. The molecule has 0 saturated carbocycles. The summed E-state index contributed by atoms with van der Waals surface area (Å²) < 4.78 is 61.1. The number of benzene rings is 2. The van der Waals surface area contributed by atoms with Gasteiger partial charge in [0, 0.05) is 12.7 Å². The summed E-state index contributed by atoms with van der Waals surface area (Å²) in [5.74, 6) is 0. The van der Waals surface area contributed by atoms with Crippen molar-refractivity contribution >= 4 is 52.4 Å². The summed E-state index contributed by atoms with van der Waals surface area (Å²) in [6.07, 6.45) is -4.62. The van der Waals surface area contributed by atoms with Gasteiger partial charge in [-0.25, -0.2) is 9.00 Å². The molecule has 3 rings (SSSR count). The van der Waals surface area contributed by atoms with Crippen LogP contribution < -0.4 is 4.90 Å². The second-order valence-corrected chi connectivity index (χ2v) is 7.84. The molecule has 1 N–H and O–H groups in total. The third-order valence-corrected chi connectivity index (χ3v) is 5.79. The molecule has 1 heterocycles. The molecule has 2 amide bonds. The van der Waals surface area contributed by atoms with Crippen LogP contribution >= 0.6 is 0 Å². The van der Waals surface area contributed by atoms with E-state index in [0.717, 1.165) is 28.0 Å². The number of nitrogens with zero attached hydrogens (tertiary/aromatic N) is 4.